The number of hydrogen-bond acceptors (Lipinski definition) is 3. The lowest BCUT2D eigenvalue weighted by Gasteiger charge is -2.29. The Morgan fingerprint density at radius 2 is 2.04 bits per heavy atom. The third-order valence-electron chi connectivity index (χ3n) is 4.98. The highest BCUT2D eigenvalue weighted by Gasteiger charge is 2.31. The first-order valence-corrected chi connectivity index (χ1v) is 8.13. The molecule has 5 nitrogen and oxygen atoms in total. The molecule has 1 amide bonds. The molecule has 0 aliphatic carbocycles. The van der Waals surface area contributed by atoms with Gasteiger partial charge in [-0.3, -0.25) is 14.6 Å². The molecule has 118 valence electrons. The van der Waals surface area contributed by atoms with E-state index in [0.29, 0.717) is 17.8 Å². The quantitative estimate of drug-likeness (QED) is 0.801. The van der Waals surface area contributed by atoms with Crippen LogP contribution >= 0.6 is 0 Å². The Morgan fingerprint density at radius 3 is 2.87 bits per heavy atom. The standard InChI is InChI=1S/C18H19N3O2/c1-12-9-19-10-17(15(12)11-22)21-7-5-16-14(18(21)23)8-13-4-2-3-6-20(13)16/h8-11H,2-7H2,1H3. The summed E-state index contributed by atoms with van der Waals surface area (Å²) in [4.78, 5) is 30.3. The predicted molar refractivity (Wildman–Crippen MR) is 87.1 cm³/mol. The molecule has 2 aliphatic rings. The maximum absolute atomic E-state index is 13.0. The summed E-state index contributed by atoms with van der Waals surface area (Å²) < 4.78 is 2.32. The molecule has 0 saturated heterocycles. The summed E-state index contributed by atoms with van der Waals surface area (Å²) in [6.45, 7) is 3.46. The zero-order valence-electron chi connectivity index (χ0n) is 13.2. The molecule has 23 heavy (non-hydrogen) atoms. The molecule has 5 heteroatoms. The van der Waals surface area contributed by atoms with Gasteiger partial charge in [0.1, 0.15) is 0 Å². The number of fused-ring (bicyclic) bond motifs is 3. The summed E-state index contributed by atoms with van der Waals surface area (Å²) in [5.74, 6) is -0.0105. The molecule has 2 aliphatic heterocycles. The average molecular weight is 309 g/mol. The molecule has 2 aromatic rings. The van der Waals surface area contributed by atoms with Crippen molar-refractivity contribution in [1.82, 2.24) is 9.55 Å². The van der Waals surface area contributed by atoms with Crippen molar-refractivity contribution in [2.24, 2.45) is 0 Å². The molecule has 2 aromatic heterocycles. The third-order valence-corrected chi connectivity index (χ3v) is 4.98. The van der Waals surface area contributed by atoms with Crippen molar-refractivity contribution in [3.8, 4) is 0 Å². The number of aryl methyl sites for hydroxylation is 2. The normalized spacial score (nSPS) is 16.9. The summed E-state index contributed by atoms with van der Waals surface area (Å²) in [5.41, 5.74) is 5.21. The number of amides is 1. The van der Waals surface area contributed by atoms with Gasteiger partial charge in [0.25, 0.3) is 5.91 Å². The average Bonchev–Trinajstić information content (AvgIpc) is 2.95. The highest BCUT2D eigenvalue weighted by atomic mass is 16.2. The second-order valence-corrected chi connectivity index (χ2v) is 6.32. The number of carbonyl (C=O) groups excluding carboxylic acids is 2. The first-order chi connectivity index (χ1) is 11.2. The molecule has 0 atom stereocenters. The molecule has 4 heterocycles. The minimum absolute atomic E-state index is 0.0105. The van der Waals surface area contributed by atoms with Gasteiger partial charge in [0.2, 0.25) is 0 Å². The Morgan fingerprint density at radius 1 is 1.17 bits per heavy atom. The SMILES string of the molecule is Cc1cncc(N2CCc3c(cc4n3CCCC4)C2=O)c1C=O. The zero-order valence-corrected chi connectivity index (χ0v) is 13.2. The van der Waals surface area contributed by atoms with Crippen LogP contribution in [0.15, 0.2) is 18.5 Å². The molecular formula is C18H19N3O2. The molecule has 0 bridgehead atoms. The molecule has 0 fully saturated rings. The number of nitrogens with zero attached hydrogens (tertiary/aromatic N) is 3. The Labute approximate surface area is 134 Å². The number of rotatable bonds is 2. The molecule has 0 radical (unpaired) electrons. The maximum atomic E-state index is 13.0. The Kier molecular flexibility index (Phi) is 3.29. The van der Waals surface area contributed by atoms with E-state index < -0.39 is 0 Å². The fourth-order valence-corrected chi connectivity index (χ4v) is 3.79. The Hall–Kier alpha value is -2.43. The molecule has 0 saturated carbocycles. The minimum Gasteiger partial charge on any atom is -0.348 e. The summed E-state index contributed by atoms with van der Waals surface area (Å²) in [5, 5.41) is 0. The maximum Gasteiger partial charge on any atom is 0.260 e. The predicted octanol–water partition coefficient (Wildman–Crippen LogP) is 2.54. The van der Waals surface area contributed by atoms with Crippen LogP contribution in [0.1, 0.15) is 50.5 Å². The van der Waals surface area contributed by atoms with Crippen molar-refractivity contribution in [1.29, 1.82) is 0 Å². The first kappa shape index (κ1) is 14.2. The number of hydrogen-bond donors (Lipinski definition) is 0. The summed E-state index contributed by atoms with van der Waals surface area (Å²) in [7, 11) is 0. The summed E-state index contributed by atoms with van der Waals surface area (Å²) in [6, 6.07) is 2.05. The van der Waals surface area contributed by atoms with Crippen molar-refractivity contribution in [2.45, 2.75) is 39.2 Å². The zero-order chi connectivity index (χ0) is 16.0. The van der Waals surface area contributed by atoms with Crippen molar-refractivity contribution >= 4 is 17.9 Å². The highest BCUT2D eigenvalue weighted by Crippen LogP contribution is 2.31. The van der Waals surface area contributed by atoms with Crippen LogP contribution in [-0.4, -0.2) is 28.3 Å². The van der Waals surface area contributed by atoms with Gasteiger partial charge in [-0.15, -0.1) is 0 Å². The van der Waals surface area contributed by atoms with E-state index in [4.69, 9.17) is 0 Å². The number of aromatic nitrogens is 2. The fraction of sp³-hybridized carbons (Fsp3) is 0.389. The monoisotopic (exact) mass is 309 g/mol. The Bertz CT molecular complexity index is 807. The number of aldehydes is 1. The molecule has 4 rings (SSSR count). The van der Waals surface area contributed by atoms with E-state index >= 15 is 0 Å². The van der Waals surface area contributed by atoms with E-state index in [0.717, 1.165) is 42.5 Å². The van der Waals surface area contributed by atoms with Crippen LogP contribution in [0.3, 0.4) is 0 Å². The molecular weight excluding hydrogens is 290 g/mol. The van der Waals surface area contributed by atoms with Crippen molar-refractivity contribution in [3.05, 3.63) is 46.5 Å². The summed E-state index contributed by atoms with van der Waals surface area (Å²) in [6.07, 6.45) is 8.35. The van der Waals surface area contributed by atoms with Crippen LogP contribution in [0.2, 0.25) is 0 Å². The van der Waals surface area contributed by atoms with Crippen LogP contribution in [0.5, 0.6) is 0 Å². The lowest BCUT2D eigenvalue weighted by molar-refractivity contribution is 0.0980. The van der Waals surface area contributed by atoms with E-state index in [1.807, 2.05) is 13.0 Å². The largest absolute Gasteiger partial charge is 0.348 e. The van der Waals surface area contributed by atoms with Crippen LogP contribution < -0.4 is 4.90 Å². The molecule has 0 unspecified atom stereocenters. The number of carbonyl (C=O) groups is 2. The third kappa shape index (κ3) is 2.11. The van der Waals surface area contributed by atoms with Gasteiger partial charge in [-0.25, -0.2) is 0 Å². The first-order valence-electron chi connectivity index (χ1n) is 8.13. The highest BCUT2D eigenvalue weighted by molar-refractivity contribution is 6.10. The van der Waals surface area contributed by atoms with Crippen molar-refractivity contribution in [2.75, 3.05) is 11.4 Å². The molecule has 0 N–H and O–H groups in total. The van der Waals surface area contributed by atoms with E-state index in [1.54, 1.807) is 17.3 Å². The second-order valence-electron chi connectivity index (χ2n) is 6.32. The van der Waals surface area contributed by atoms with Gasteiger partial charge in [0.15, 0.2) is 6.29 Å². The van der Waals surface area contributed by atoms with Gasteiger partial charge < -0.3 is 9.47 Å². The van der Waals surface area contributed by atoms with Gasteiger partial charge in [-0.05, 0) is 37.8 Å². The van der Waals surface area contributed by atoms with Gasteiger partial charge in [0.05, 0.1) is 17.4 Å². The second kappa shape index (κ2) is 5.33. The van der Waals surface area contributed by atoms with Crippen LogP contribution in [0.25, 0.3) is 0 Å². The molecule has 0 aromatic carbocycles. The smallest absolute Gasteiger partial charge is 0.260 e. The van der Waals surface area contributed by atoms with Gasteiger partial charge in [0, 0.05) is 42.7 Å². The van der Waals surface area contributed by atoms with Crippen molar-refractivity contribution in [3.63, 3.8) is 0 Å². The topological polar surface area (TPSA) is 55.2 Å². The summed E-state index contributed by atoms with van der Waals surface area (Å²) >= 11 is 0. The fourth-order valence-electron chi connectivity index (χ4n) is 3.79. The number of pyridine rings is 1. The minimum atomic E-state index is -0.0105. The lowest BCUT2D eigenvalue weighted by Crippen LogP contribution is -2.38. The van der Waals surface area contributed by atoms with Crippen LogP contribution in [0, 0.1) is 6.92 Å². The van der Waals surface area contributed by atoms with Crippen LogP contribution in [-0.2, 0) is 19.4 Å². The molecule has 0 spiro atoms. The van der Waals surface area contributed by atoms with Crippen LogP contribution in [0.4, 0.5) is 5.69 Å². The van der Waals surface area contributed by atoms with Gasteiger partial charge >= 0.3 is 0 Å². The van der Waals surface area contributed by atoms with Gasteiger partial charge in [-0.1, -0.05) is 0 Å². The number of anilines is 1. The van der Waals surface area contributed by atoms with E-state index in [-0.39, 0.29) is 5.91 Å². The van der Waals surface area contributed by atoms with E-state index in [2.05, 4.69) is 9.55 Å². The van der Waals surface area contributed by atoms with Gasteiger partial charge in [-0.2, -0.15) is 0 Å². The van der Waals surface area contributed by atoms with E-state index in [9.17, 15) is 9.59 Å². The Balaban J connectivity index is 1.77. The van der Waals surface area contributed by atoms with E-state index in [1.165, 1.54) is 18.5 Å². The van der Waals surface area contributed by atoms with Crippen molar-refractivity contribution < 1.29 is 9.59 Å². The lowest BCUT2D eigenvalue weighted by atomic mass is 10.0.